The van der Waals surface area contributed by atoms with E-state index in [1.165, 1.54) is 17.1 Å². The van der Waals surface area contributed by atoms with Gasteiger partial charge >= 0.3 is 0 Å². The average Bonchev–Trinajstić information content (AvgIpc) is 2.72. The second-order valence-corrected chi connectivity index (χ2v) is 9.50. The van der Waals surface area contributed by atoms with E-state index in [1.807, 2.05) is 23.1 Å². The number of likely N-dealkylation sites (tertiary alicyclic amines) is 1. The number of hydrogen-bond acceptors (Lipinski definition) is 3. The minimum atomic E-state index is -3.52. The van der Waals surface area contributed by atoms with E-state index in [-0.39, 0.29) is 18.5 Å². The van der Waals surface area contributed by atoms with E-state index in [0.717, 1.165) is 57.2 Å². The largest absolute Gasteiger partial charge is 0.339 e. The number of amides is 1. The van der Waals surface area contributed by atoms with Crippen LogP contribution in [0.15, 0.2) is 24.3 Å². The van der Waals surface area contributed by atoms with Crippen molar-refractivity contribution in [3.8, 4) is 0 Å². The third kappa shape index (κ3) is 5.30. The van der Waals surface area contributed by atoms with Crippen molar-refractivity contribution < 1.29 is 13.2 Å². The van der Waals surface area contributed by atoms with Crippen LogP contribution in [0.3, 0.4) is 0 Å². The molecule has 3 rings (SSSR count). The van der Waals surface area contributed by atoms with Crippen LogP contribution in [0.4, 0.5) is 0 Å². The highest BCUT2D eigenvalue weighted by atomic mass is 32.2. The number of rotatable bonds is 6. The van der Waals surface area contributed by atoms with Crippen LogP contribution in [0.5, 0.6) is 0 Å². The molecule has 0 aromatic heterocycles. The lowest BCUT2D eigenvalue weighted by molar-refractivity contribution is 0.0724. The number of carbonyl (C=O) groups is 1. The second kappa shape index (κ2) is 9.17. The van der Waals surface area contributed by atoms with Crippen LogP contribution < -0.4 is 4.72 Å². The number of carbonyl (C=O) groups excluding carboxylic acids is 1. The van der Waals surface area contributed by atoms with Crippen LogP contribution >= 0.6 is 0 Å². The molecule has 7 heteroatoms. The predicted octanol–water partition coefficient (Wildman–Crippen LogP) is 2.91. The normalized spacial score (nSPS) is 19.4. The zero-order valence-corrected chi connectivity index (χ0v) is 17.0. The molecule has 2 fully saturated rings. The van der Waals surface area contributed by atoms with Crippen molar-refractivity contribution in [3.63, 3.8) is 0 Å². The Bertz CT molecular complexity index is 739. The van der Waals surface area contributed by atoms with Gasteiger partial charge in [-0.25, -0.2) is 0 Å². The summed E-state index contributed by atoms with van der Waals surface area (Å²) in [5, 5.41) is 0. The molecule has 150 valence electrons. The van der Waals surface area contributed by atoms with E-state index in [9.17, 15) is 13.2 Å². The number of nitrogens with zero attached hydrogens (tertiary/aromatic N) is 2. The first kappa shape index (κ1) is 20.3. The van der Waals surface area contributed by atoms with Gasteiger partial charge in [0.1, 0.15) is 0 Å². The van der Waals surface area contributed by atoms with E-state index < -0.39 is 10.2 Å². The van der Waals surface area contributed by atoms with Gasteiger partial charge in [0.2, 0.25) is 0 Å². The quantitative estimate of drug-likeness (QED) is 0.808. The Morgan fingerprint density at radius 2 is 1.78 bits per heavy atom. The standard InChI is InChI=1S/C20H31N3O3S/c1-22(19-11-4-2-5-12-19)27(25,26)21-16-17-9-8-10-18(15-17)20(24)23-13-6-3-7-14-23/h8-10,15,19,21H,2-7,11-14,16H2,1H3. The number of nitrogens with one attached hydrogen (secondary N) is 1. The maximum atomic E-state index is 12.6. The summed E-state index contributed by atoms with van der Waals surface area (Å²) in [5.41, 5.74) is 1.44. The van der Waals surface area contributed by atoms with Crippen molar-refractivity contribution in [1.82, 2.24) is 13.9 Å². The van der Waals surface area contributed by atoms with E-state index in [1.54, 1.807) is 13.1 Å². The Hall–Kier alpha value is -1.44. The maximum Gasteiger partial charge on any atom is 0.279 e. The van der Waals surface area contributed by atoms with Gasteiger partial charge in [-0.3, -0.25) is 4.79 Å². The van der Waals surface area contributed by atoms with Gasteiger partial charge in [0.25, 0.3) is 16.1 Å². The van der Waals surface area contributed by atoms with Crippen LogP contribution in [0, 0.1) is 0 Å². The predicted molar refractivity (Wildman–Crippen MR) is 107 cm³/mol. The lowest BCUT2D eigenvalue weighted by Gasteiger charge is -2.30. The van der Waals surface area contributed by atoms with E-state index >= 15 is 0 Å². The van der Waals surface area contributed by atoms with Gasteiger partial charge in [-0.05, 0) is 49.8 Å². The molecule has 1 heterocycles. The zero-order valence-electron chi connectivity index (χ0n) is 16.2. The first-order chi connectivity index (χ1) is 13.0. The molecule has 0 atom stereocenters. The third-order valence-corrected chi connectivity index (χ3v) is 7.31. The topological polar surface area (TPSA) is 69.7 Å². The molecule has 27 heavy (non-hydrogen) atoms. The fourth-order valence-corrected chi connectivity index (χ4v) is 5.17. The van der Waals surface area contributed by atoms with Crippen LogP contribution in [-0.4, -0.2) is 49.7 Å². The fourth-order valence-electron chi connectivity index (χ4n) is 4.01. The SMILES string of the molecule is CN(C1CCCCC1)S(=O)(=O)NCc1cccc(C(=O)N2CCCCC2)c1. The Kier molecular flexibility index (Phi) is 6.89. The number of piperidine rings is 1. The number of benzene rings is 1. The highest BCUT2D eigenvalue weighted by Crippen LogP contribution is 2.23. The Balaban J connectivity index is 1.61. The fraction of sp³-hybridized carbons (Fsp3) is 0.650. The summed E-state index contributed by atoms with van der Waals surface area (Å²) in [6, 6.07) is 7.38. The lowest BCUT2D eigenvalue weighted by atomic mass is 9.96. The van der Waals surface area contributed by atoms with Crippen LogP contribution in [0.2, 0.25) is 0 Å². The smallest absolute Gasteiger partial charge is 0.279 e. The van der Waals surface area contributed by atoms with Crippen molar-refractivity contribution in [1.29, 1.82) is 0 Å². The van der Waals surface area contributed by atoms with Crippen molar-refractivity contribution in [2.75, 3.05) is 20.1 Å². The summed E-state index contributed by atoms with van der Waals surface area (Å²) in [5.74, 6) is 0.0405. The molecule has 1 aromatic carbocycles. The van der Waals surface area contributed by atoms with Gasteiger partial charge in [-0.1, -0.05) is 31.4 Å². The molecule has 1 saturated carbocycles. The first-order valence-corrected chi connectivity index (χ1v) is 11.5. The van der Waals surface area contributed by atoms with Crippen molar-refractivity contribution in [2.24, 2.45) is 0 Å². The van der Waals surface area contributed by atoms with Crippen LogP contribution in [-0.2, 0) is 16.8 Å². The van der Waals surface area contributed by atoms with E-state index in [2.05, 4.69) is 4.72 Å². The molecular formula is C20H31N3O3S. The average molecular weight is 394 g/mol. The Morgan fingerprint density at radius 3 is 2.48 bits per heavy atom. The summed E-state index contributed by atoms with van der Waals surface area (Å²) in [6.07, 6.45) is 8.51. The molecule has 6 nitrogen and oxygen atoms in total. The van der Waals surface area contributed by atoms with Crippen molar-refractivity contribution in [2.45, 2.75) is 64.0 Å². The monoisotopic (exact) mass is 393 g/mol. The highest BCUT2D eigenvalue weighted by molar-refractivity contribution is 7.87. The molecule has 0 radical (unpaired) electrons. The molecule has 0 unspecified atom stereocenters. The highest BCUT2D eigenvalue weighted by Gasteiger charge is 2.27. The summed E-state index contributed by atoms with van der Waals surface area (Å²) in [7, 11) is -1.86. The molecule has 1 saturated heterocycles. The summed E-state index contributed by atoms with van der Waals surface area (Å²) in [6.45, 7) is 1.81. The zero-order chi connectivity index (χ0) is 19.3. The van der Waals surface area contributed by atoms with Gasteiger partial charge in [-0.15, -0.1) is 0 Å². The molecule has 1 amide bonds. The van der Waals surface area contributed by atoms with Crippen molar-refractivity contribution in [3.05, 3.63) is 35.4 Å². The van der Waals surface area contributed by atoms with E-state index in [0.29, 0.717) is 5.56 Å². The van der Waals surface area contributed by atoms with Gasteiger partial charge < -0.3 is 4.90 Å². The van der Waals surface area contributed by atoms with Crippen LogP contribution in [0.1, 0.15) is 67.3 Å². The van der Waals surface area contributed by atoms with Gasteiger partial charge in [0.15, 0.2) is 0 Å². The first-order valence-electron chi connectivity index (χ1n) is 10.1. The lowest BCUT2D eigenvalue weighted by Crippen LogP contribution is -2.44. The van der Waals surface area contributed by atoms with Gasteiger partial charge in [-0.2, -0.15) is 17.4 Å². The minimum Gasteiger partial charge on any atom is -0.339 e. The molecule has 0 spiro atoms. The minimum absolute atomic E-state index is 0.0405. The maximum absolute atomic E-state index is 12.6. The molecule has 1 aliphatic carbocycles. The van der Waals surface area contributed by atoms with Crippen LogP contribution in [0.25, 0.3) is 0 Å². The Labute approximate surface area is 163 Å². The molecule has 0 bridgehead atoms. The molecule has 1 aromatic rings. The Morgan fingerprint density at radius 1 is 1.11 bits per heavy atom. The van der Waals surface area contributed by atoms with Gasteiger partial charge in [0.05, 0.1) is 0 Å². The molecule has 1 N–H and O–H groups in total. The summed E-state index contributed by atoms with van der Waals surface area (Å²) < 4.78 is 29.4. The summed E-state index contributed by atoms with van der Waals surface area (Å²) in [4.78, 5) is 14.5. The van der Waals surface area contributed by atoms with Crippen molar-refractivity contribution >= 4 is 16.1 Å². The third-order valence-electron chi connectivity index (χ3n) is 5.74. The van der Waals surface area contributed by atoms with Gasteiger partial charge in [0, 0.05) is 38.3 Å². The molecule has 1 aliphatic heterocycles. The number of hydrogen-bond donors (Lipinski definition) is 1. The molecular weight excluding hydrogens is 362 g/mol. The summed E-state index contributed by atoms with van der Waals surface area (Å²) >= 11 is 0. The second-order valence-electron chi connectivity index (χ2n) is 7.69. The van der Waals surface area contributed by atoms with E-state index in [4.69, 9.17) is 0 Å². The molecule has 2 aliphatic rings.